The number of carbonyl (C=O) groups excluding carboxylic acids is 2. The molecule has 11 heteroatoms. The summed E-state index contributed by atoms with van der Waals surface area (Å²) in [5.41, 5.74) is 0.380. The fourth-order valence-corrected chi connectivity index (χ4v) is 3.77. The third-order valence-electron chi connectivity index (χ3n) is 4.83. The van der Waals surface area contributed by atoms with Gasteiger partial charge in [0.25, 0.3) is 17.5 Å². The van der Waals surface area contributed by atoms with Crippen molar-refractivity contribution in [2.75, 3.05) is 11.5 Å². The second kappa shape index (κ2) is 9.46. The summed E-state index contributed by atoms with van der Waals surface area (Å²) in [7, 11) is 0. The van der Waals surface area contributed by atoms with Crippen molar-refractivity contribution in [2.24, 2.45) is 0 Å². The highest BCUT2D eigenvalue weighted by Gasteiger charge is 2.35. The number of carbonyl (C=O) groups is 2. The molecule has 0 saturated carbocycles. The van der Waals surface area contributed by atoms with Crippen LogP contribution in [0.1, 0.15) is 12.7 Å². The van der Waals surface area contributed by atoms with E-state index in [1.54, 1.807) is 36.4 Å². The van der Waals surface area contributed by atoms with Crippen LogP contribution in [0.5, 0.6) is 5.75 Å². The van der Waals surface area contributed by atoms with Gasteiger partial charge in [0, 0.05) is 17.7 Å². The zero-order valence-corrected chi connectivity index (χ0v) is 19.2. The SMILES string of the molecule is CCOc1cccc(N2C(=O)C(=Cc3ccc(-c4ccc(Cl)c([N+](=O)[O-])c4)o3)C(=O)NC2=S)c1. The van der Waals surface area contributed by atoms with Crippen LogP contribution >= 0.6 is 23.8 Å². The molecular formula is C23H16ClN3O6S. The minimum Gasteiger partial charge on any atom is -0.494 e. The van der Waals surface area contributed by atoms with Gasteiger partial charge in [-0.2, -0.15) is 0 Å². The highest BCUT2D eigenvalue weighted by Crippen LogP contribution is 2.32. The van der Waals surface area contributed by atoms with Gasteiger partial charge in [0.1, 0.15) is 27.9 Å². The Kier molecular flexibility index (Phi) is 6.44. The number of furan rings is 1. The number of hydrogen-bond acceptors (Lipinski definition) is 7. The summed E-state index contributed by atoms with van der Waals surface area (Å²) in [5, 5.41) is 13.6. The predicted molar refractivity (Wildman–Crippen MR) is 130 cm³/mol. The number of nitro groups is 1. The van der Waals surface area contributed by atoms with E-state index in [-0.39, 0.29) is 27.2 Å². The molecule has 0 bridgehead atoms. The van der Waals surface area contributed by atoms with Gasteiger partial charge in [-0.1, -0.05) is 17.7 Å². The number of nitrogens with one attached hydrogen (secondary N) is 1. The Balaban J connectivity index is 1.66. The van der Waals surface area contributed by atoms with Crippen molar-refractivity contribution in [3.8, 4) is 17.1 Å². The Morgan fingerprint density at radius 3 is 2.74 bits per heavy atom. The molecule has 2 aromatic carbocycles. The topological polar surface area (TPSA) is 115 Å². The average Bonchev–Trinajstić information content (AvgIpc) is 3.26. The van der Waals surface area contributed by atoms with Gasteiger partial charge >= 0.3 is 0 Å². The van der Waals surface area contributed by atoms with Crippen molar-refractivity contribution in [1.82, 2.24) is 5.32 Å². The van der Waals surface area contributed by atoms with Gasteiger partial charge in [0.15, 0.2) is 5.11 Å². The van der Waals surface area contributed by atoms with E-state index < -0.39 is 16.7 Å². The first-order chi connectivity index (χ1) is 16.3. The van der Waals surface area contributed by atoms with E-state index in [4.69, 9.17) is 33.0 Å². The van der Waals surface area contributed by atoms with Crippen LogP contribution in [0.4, 0.5) is 11.4 Å². The number of nitro benzene ring substituents is 1. The molecule has 9 nitrogen and oxygen atoms in total. The van der Waals surface area contributed by atoms with E-state index in [2.05, 4.69) is 5.32 Å². The number of ether oxygens (including phenoxy) is 1. The first kappa shape index (κ1) is 23.1. The maximum atomic E-state index is 13.2. The summed E-state index contributed by atoms with van der Waals surface area (Å²) in [6.45, 7) is 2.28. The quantitative estimate of drug-likeness (QED) is 0.172. The van der Waals surface area contributed by atoms with Gasteiger partial charge in [0.2, 0.25) is 0 Å². The molecule has 1 fully saturated rings. The molecule has 2 heterocycles. The average molecular weight is 498 g/mol. The highest BCUT2D eigenvalue weighted by molar-refractivity contribution is 7.80. The molecule has 1 saturated heterocycles. The summed E-state index contributed by atoms with van der Waals surface area (Å²) in [4.78, 5) is 37.5. The number of amides is 2. The fraction of sp³-hybridized carbons (Fsp3) is 0.0870. The molecule has 1 aromatic heterocycles. The van der Waals surface area contributed by atoms with Gasteiger partial charge in [-0.15, -0.1) is 0 Å². The van der Waals surface area contributed by atoms with Crippen LogP contribution in [0, 0.1) is 10.1 Å². The highest BCUT2D eigenvalue weighted by atomic mass is 35.5. The van der Waals surface area contributed by atoms with Crippen LogP contribution in [-0.4, -0.2) is 28.5 Å². The lowest BCUT2D eigenvalue weighted by molar-refractivity contribution is -0.384. The summed E-state index contributed by atoms with van der Waals surface area (Å²) >= 11 is 11.1. The molecule has 172 valence electrons. The summed E-state index contributed by atoms with van der Waals surface area (Å²) in [5.74, 6) is -0.269. The number of nitrogens with zero attached hydrogens (tertiary/aromatic N) is 2. The van der Waals surface area contributed by atoms with Crippen molar-refractivity contribution in [2.45, 2.75) is 6.92 Å². The number of benzene rings is 2. The van der Waals surface area contributed by atoms with E-state index in [0.717, 1.165) is 0 Å². The van der Waals surface area contributed by atoms with E-state index in [9.17, 15) is 19.7 Å². The minimum absolute atomic E-state index is 0.00316. The van der Waals surface area contributed by atoms with Crippen molar-refractivity contribution < 1.29 is 23.7 Å². The lowest BCUT2D eigenvalue weighted by Gasteiger charge is -2.29. The molecule has 3 aromatic rings. The maximum Gasteiger partial charge on any atom is 0.288 e. The molecule has 34 heavy (non-hydrogen) atoms. The normalized spacial score (nSPS) is 14.9. The summed E-state index contributed by atoms with van der Waals surface area (Å²) in [6, 6.07) is 14.1. The second-order valence-corrected chi connectivity index (χ2v) is 7.81. The Hall–Kier alpha value is -4.02. The monoisotopic (exact) mass is 497 g/mol. The lowest BCUT2D eigenvalue weighted by atomic mass is 10.1. The molecule has 1 N–H and O–H groups in total. The molecule has 1 aliphatic rings. The van der Waals surface area contributed by atoms with Crippen LogP contribution < -0.4 is 15.0 Å². The van der Waals surface area contributed by atoms with Crippen LogP contribution in [0.2, 0.25) is 5.02 Å². The lowest BCUT2D eigenvalue weighted by Crippen LogP contribution is -2.54. The Morgan fingerprint density at radius 2 is 2.00 bits per heavy atom. The van der Waals surface area contributed by atoms with Crippen molar-refractivity contribution in [3.05, 3.63) is 81.1 Å². The molecule has 1 aliphatic heterocycles. The second-order valence-electron chi connectivity index (χ2n) is 7.01. The standard InChI is InChI=1S/C23H16ClN3O6S/c1-2-32-15-5-3-4-14(11-15)26-22(29)17(21(28)25-23(26)34)12-16-7-9-20(33-16)13-6-8-18(24)19(10-13)27(30)31/h3-12H,2H2,1H3,(H,25,28,34). The van der Waals surface area contributed by atoms with E-state index >= 15 is 0 Å². The summed E-state index contributed by atoms with van der Waals surface area (Å²) < 4.78 is 11.2. The van der Waals surface area contributed by atoms with Gasteiger partial charge in [0.05, 0.1) is 17.2 Å². The van der Waals surface area contributed by atoms with Crippen molar-refractivity contribution in [1.29, 1.82) is 0 Å². The zero-order chi connectivity index (χ0) is 24.4. The van der Waals surface area contributed by atoms with Crippen LogP contribution in [0.25, 0.3) is 17.4 Å². The largest absolute Gasteiger partial charge is 0.494 e. The van der Waals surface area contributed by atoms with Gasteiger partial charge in [-0.25, -0.2) is 0 Å². The van der Waals surface area contributed by atoms with Crippen LogP contribution in [-0.2, 0) is 9.59 Å². The number of thiocarbonyl (C=S) groups is 1. The van der Waals surface area contributed by atoms with Crippen LogP contribution in [0.3, 0.4) is 0 Å². The molecule has 0 spiro atoms. The number of rotatable bonds is 6. The zero-order valence-electron chi connectivity index (χ0n) is 17.6. The number of hydrogen-bond donors (Lipinski definition) is 1. The molecule has 0 radical (unpaired) electrons. The minimum atomic E-state index is -0.674. The first-order valence-electron chi connectivity index (χ1n) is 9.97. The molecule has 0 unspecified atom stereocenters. The van der Waals surface area contributed by atoms with E-state index in [1.165, 1.54) is 29.2 Å². The molecule has 4 rings (SSSR count). The molecular weight excluding hydrogens is 482 g/mol. The van der Waals surface area contributed by atoms with Gasteiger partial charge in [-0.05, 0) is 61.6 Å². The van der Waals surface area contributed by atoms with E-state index in [0.29, 0.717) is 29.4 Å². The molecule has 2 amide bonds. The Bertz CT molecular complexity index is 1370. The number of halogens is 1. The smallest absolute Gasteiger partial charge is 0.288 e. The Morgan fingerprint density at radius 1 is 1.21 bits per heavy atom. The Labute approximate surface area is 203 Å². The van der Waals surface area contributed by atoms with Crippen LogP contribution in [0.15, 0.2) is 64.6 Å². The third-order valence-corrected chi connectivity index (χ3v) is 5.43. The van der Waals surface area contributed by atoms with E-state index in [1.807, 2.05) is 6.92 Å². The third kappa shape index (κ3) is 4.54. The van der Waals surface area contributed by atoms with Gasteiger partial charge < -0.3 is 9.15 Å². The molecule has 0 atom stereocenters. The van der Waals surface area contributed by atoms with Crippen molar-refractivity contribution in [3.63, 3.8) is 0 Å². The fourth-order valence-electron chi connectivity index (χ4n) is 3.30. The summed E-state index contributed by atoms with van der Waals surface area (Å²) in [6.07, 6.45) is 1.28. The van der Waals surface area contributed by atoms with Crippen molar-refractivity contribution >= 4 is 58.2 Å². The molecule has 0 aliphatic carbocycles. The predicted octanol–water partition coefficient (Wildman–Crippen LogP) is 4.74. The number of anilines is 1. The van der Waals surface area contributed by atoms with Gasteiger partial charge in [-0.3, -0.25) is 29.9 Å². The first-order valence-corrected chi connectivity index (χ1v) is 10.8. The maximum absolute atomic E-state index is 13.2.